The highest BCUT2D eigenvalue weighted by Gasteiger charge is 2.20. The quantitative estimate of drug-likeness (QED) is 0.845. The van der Waals surface area contributed by atoms with Gasteiger partial charge < -0.3 is 10.1 Å². The van der Waals surface area contributed by atoms with E-state index >= 15 is 0 Å². The van der Waals surface area contributed by atoms with E-state index in [0.29, 0.717) is 5.92 Å². The average Bonchev–Trinajstić information content (AvgIpc) is 2.83. The summed E-state index contributed by atoms with van der Waals surface area (Å²) in [6, 6.07) is 3.83. The maximum Gasteiger partial charge on any atom is 0.198 e. The van der Waals surface area contributed by atoms with Crippen molar-refractivity contribution in [1.82, 2.24) is 19.9 Å². The predicted octanol–water partition coefficient (Wildman–Crippen LogP) is 1.20. The maximum absolute atomic E-state index is 5.29. The zero-order valence-corrected chi connectivity index (χ0v) is 9.89. The molecule has 1 aliphatic rings. The predicted molar refractivity (Wildman–Crippen MR) is 64.4 cm³/mol. The zero-order chi connectivity index (χ0) is 11.7. The van der Waals surface area contributed by atoms with Gasteiger partial charge in [0.05, 0.1) is 7.11 Å². The highest BCUT2D eigenvalue weighted by molar-refractivity contribution is 5.52. The van der Waals surface area contributed by atoms with Crippen LogP contribution in [0.1, 0.15) is 24.6 Å². The Bertz CT molecular complexity index is 516. The van der Waals surface area contributed by atoms with Gasteiger partial charge in [-0.1, -0.05) is 0 Å². The molecule has 1 atom stereocenters. The molecule has 3 rings (SSSR count). The lowest BCUT2D eigenvalue weighted by molar-refractivity contribution is 0.416. The maximum atomic E-state index is 5.29. The van der Waals surface area contributed by atoms with E-state index in [4.69, 9.17) is 4.74 Å². The summed E-state index contributed by atoms with van der Waals surface area (Å²) >= 11 is 0. The number of pyridine rings is 1. The Morgan fingerprint density at radius 1 is 1.53 bits per heavy atom. The summed E-state index contributed by atoms with van der Waals surface area (Å²) in [6.45, 7) is 2.08. The normalized spacial score (nSPS) is 20.6. The highest BCUT2D eigenvalue weighted by Crippen LogP contribution is 2.23. The molecule has 2 aromatic heterocycles. The van der Waals surface area contributed by atoms with Gasteiger partial charge in [0.2, 0.25) is 0 Å². The van der Waals surface area contributed by atoms with Crippen molar-refractivity contribution in [3.05, 3.63) is 24.2 Å². The molecule has 90 valence electrons. The number of methoxy groups -OCH3 is 1. The van der Waals surface area contributed by atoms with Crippen molar-refractivity contribution >= 4 is 5.65 Å². The third-order valence-electron chi connectivity index (χ3n) is 3.22. The van der Waals surface area contributed by atoms with Gasteiger partial charge in [-0.25, -0.2) is 9.50 Å². The van der Waals surface area contributed by atoms with Crippen molar-refractivity contribution < 1.29 is 4.74 Å². The molecule has 0 aliphatic carbocycles. The Balaban J connectivity index is 2.00. The van der Waals surface area contributed by atoms with Crippen LogP contribution >= 0.6 is 0 Å². The molecule has 1 unspecified atom stereocenters. The van der Waals surface area contributed by atoms with Crippen LogP contribution in [-0.4, -0.2) is 34.8 Å². The molecule has 5 nitrogen and oxygen atoms in total. The number of hydrogen-bond acceptors (Lipinski definition) is 4. The van der Waals surface area contributed by atoms with E-state index in [9.17, 15) is 0 Å². The van der Waals surface area contributed by atoms with Crippen molar-refractivity contribution in [2.45, 2.75) is 18.8 Å². The molecule has 5 heteroatoms. The summed E-state index contributed by atoms with van der Waals surface area (Å²) in [6.07, 6.45) is 4.26. The number of aromatic nitrogens is 3. The standard InChI is InChI=1S/C12H16N4O/c1-17-10-5-3-7-16-12(10)14-11(15-16)9-4-2-6-13-8-9/h3,5,7,9,13H,2,4,6,8H2,1H3. The smallest absolute Gasteiger partial charge is 0.198 e. The van der Waals surface area contributed by atoms with E-state index in [1.54, 1.807) is 11.6 Å². The van der Waals surface area contributed by atoms with Crippen LogP contribution in [0.4, 0.5) is 0 Å². The fraction of sp³-hybridized carbons (Fsp3) is 0.500. The van der Waals surface area contributed by atoms with E-state index in [1.807, 2.05) is 18.3 Å². The molecule has 1 fully saturated rings. The molecule has 17 heavy (non-hydrogen) atoms. The molecule has 0 saturated carbocycles. The van der Waals surface area contributed by atoms with Gasteiger partial charge in [-0.3, -0.25) is 0 Å². The molecule has 0 radical (unpaired) electrons. The van der Waals surface area contributed by atoms with E-state index in [2.05, 4.69) is 15.4 Å². The van der Waals surface area contributed by atoms with Crippen LogP contribution in [0.2, 0.25) is 0 Å². The Kier molecular flexibility index (Phi) is 2.68. The topological polar surface area (TPSA) is 51.5 Å². The first-order valence-corrected chi connectivity index (χ1v) is 5.98. The summed E-state index contributed by atoms with van der Waals surface area (Å²) in [7, 11) is 1.66. The average molecular weight is 232 g/mol. The number of rotatable bonds is 2. The van der Waals surface area contributed by atoms with E-state index in [1.165, 1.54) is 6.42 Å². The fourth-order valence-corrected chi connectivity index (χ4v) is 2.30. The molecule has 2 aromatic rings. The highest BCUT2D eigenvalue weighted by atomic mass is 16.5. The third kappa shape index (κ3) is 1.86. The van der Waals surface area contributed by atoms with Crippen molar-refractivity contribution in [2.24, 2.45) is 0 Å². The van der Waals surface area contributed by atoms with Crippen LogP contribution in [0, 0.1) is 0 Å². The molecule has 1 N–H and O–H groups in total. The van der Waals surface area contributed by atoms with E-state index < -0.39 is 0 Å². The van der Waals surface area contributed by atoms with Crippen molar-refractivity contribution in [1.29, 1.82) is 0 Å². The first-order chi connectivity index (χ1) is 8.38. The summed E-state index contributed by atoms with van der Waals surface area (Å²) in [5, 5.41) is 7.92. The van der Waals surface area contributed by atoms with Gasteiger partial charge in [0, 0.05) is 18.7 Å². The lowest BCUT2D eigenvalue weighted by Gasteiger charge is -2.19. The molecule has 0 spiro atoms. The summed E-state index contributed by atoms with van der Waals surface area (Å²) in [4.78, 5) is 4.59. The molecule has 0 bridgehead atoms. The zero-order valence-electron chi connectivity index (χ0n) is 9.89. The Morgan fingerprint density at radius 3 is 3.24 bits per heavy atom. The van der Waals surface area contributed by atoms with Gasteiger partial charge >= 0.3 is 0 Å². The van der Waals surface area contributed by atoms with Gasteiger partial charge in [0.15, 0.2) is 17.2 Å². The molecule has 3 heterocycles. The number of hydrogen-bond donors (Lipinski definition) is 1. The molecule has 0 amide bonds. The summed E-state index contributed by atoms with van der Waals surface area (Å²) in [5.74, 6) is 2.12. The number of nitrogens with one attached hydrogen (secondary N) is 1. The second-order valence-corrected chi connectivity index (χ2v) is 4.36. The molecule has 1 aliphatic heterocycles. The van der Waals surface area contributed by atoms with Gasteiger partial charge in [-0.05, 0) is 31.5 Å². The number of nitrogens with zero attached hydrogens (tertiary/aromatic N) is 3. The lowest BCUT2D eigenvalue weighted by Crippen LogP contribution is -2.28. The number of fused-ring (bicyclic) bond motifs is 1. The molecular weight excluding hydrogens is 216 g/mol. The Labute approximate surface area is 99.8 Å². The van der Waals surface area contributed by atoms with Crippen LogP contribution in [0.15, 0.2) is 18.3 Å². The minimum Gasteiger partial charge on any atom is -0.493 e. The molecular formula is C12H16N4O. The Hall–Kier alpha value is -1.62. The van der Waals surface area contributed by atoms with Crippen LogP contribution in [0.5, 0.6) is 5.75 Å². The second kappa shape index (κ2) is 4.33. The molecule has 0 aromatic carbocycles. The van der Waals surface area contributed by atoms with Gasteiger partial charge in [-0.15, -0.1) is 0 Å². The van der Waals surface area contributed by atoms with Crippen LogP contribution in [-0.2, 0) is 0 Å². The van der Waals surface area contributed by atoms with E-state index in [0.717, 1.165) is 36.7 Å². The summed E-state index contributed by atoms with van der Waals surface area (Å²) in [5.41, 5.74) is 0.801. The van der Waals surface area contributed by atoms with E-state index in [-0.39, 0.29) is 0 Å². The van der Waals surface area contributed by atoms with Crippen LogP contribution in [0.25, 0.3) is 5.65 Å². The monoisotopic (exact) mass is 232 g/mol. The number of piperidine rings is 1. The first-order valence-electron chi connectivity index (χ1n) is 5.98. The van der Waals surface area contributed by atoms with Crippen molar-refractivity contribution in [3.8, 4) is 5.75 Å². The first kappa shape index (κ1) is 10.5. The third-order valence-corrected chi connectivity index (χ3v) is 3.22. The number of ether oxygens (including phenoxy) is 1. The van der Waals surface area contributed by atoms with Gasteiger partial charge in [-0.2, -0.15) is 5.10 Å². The second-order valence-electron chi connectivity index (χ2n) is 4.36. The molecule has 1 saturated heterocycles. The van der Waals surface area contributed by atoms with Crippen molar-refractivity contribution in [2.75, 3.05) is 20.2 Å². The Morgan fingerprint density at radius 2 is 2.47 bits per heavy atom. The minimum atomic E-state index is 0.424. The van der Waals surface area contributed by atoms with Gasteiger partial charge in [0.1, 0.15) is 0 Å². The van der Waals surface area contributed by atoms with Crippen LogP contribution in [0.3, 0.4) is 0 Å². The van der Waals surface area contributed by atoms with Crippen molar-refractivity contribution in [3.63, 3.8) is 0 Å². The SMILES string of the molecule is COc1cccn2nc(C3CCCNC3)nc12. The van der Waals surface area contributed by atoms with Crippen LogP contribution < -0.4 is 10.1 Å². The fourth-order valence-electron chi connectivity index (χ4n) is 2.30. The largest absolute Gasteiger partial charge is 0.493 e. The van der Waals surface area contributed by atoms with Gasteiger partial charge in [0.25, 0.3) is 0 Å². The lowest BCUT2D eigenvalue weighted by atomic mass is 9.99. The summed E-state index contributed by atoms with van der Waals surface area (Å²) < 4.78 is 7.08. The minimum absolute atomic E-state index is 0.424.